The molecule has 4 heteroatoms. The van der Waals surface area contributed by atoms with Crippen LogP contribution >= 0.6 is 0 Å². The van der Waals surface area contributed by atoms with Gasteiger partial charge in [0.2, 0.25) is 0 Å². The second-order valence-corrected chi connectivity index (χ2v) is 5.72. The largest absolute Gasteiger partial charge is 0.465 e. The Hall–Kier alpha value is -3.14. The van der Waals surface area contributed by atoms with E-state index in [2.05, 4.69) is 28.8 Å². The number of rotatable bonds is 2. The van der Waals surface area contributed by atoms with Gasteiger partial charge in [0.25, 0.3) is 0 Å². The fourth-order valence-electron chi connectivity index (χ4n) is 3.11. The van der Waals surface area contributed by atoms with Crippen LogP contribution in [0.3, 0.4) is 0 Å². The Morgan fingerprint density at radius 2 is 1.83 bits per heavy atom. The number of ether oxygens (including phenoxy) is 1. The maximum Gasteiger partial charge on any atom is 0.337 e. The van der Waals surface area contributed by atoms with Gasteiger partial charge in [-0.25, -0.2) is 9.78 Å². The highest BCUT2D eigenvalue weighted by molar-refractivity contribution is 5.98. The number of carbonyl (C=O) groups excluding carboxylic acids is 1. The maximum atomic E-state index is 11.7. The van der Waals surface area contributed by atoms with Crippen LogP contribution in [0.15, 0.2) is 60.7 Å². The lowest BCUT2D eigenvalue weighted by Crippen LogP contribution is -2.00. The number of hydrogen-bond acceptors (Lipinski definition) is 3. The third kappa shape index (κ3) is 2.15. The SMILES string of the molecule is COC(=O)c1ccc2c(c1)nc(-c1cccc3ccccc13)n2C. The Balaban J connectivity index is 1.96. The van der Waals surface area contributed by atoms with Crippen LogP contribution in [0.25, 0.3) is 33.2 Å². The van der Waals surface area contributed by atoms with Crippen LogP contribution in [-0.4, -0.2) is 22.6 Å². The van der Waals surface area contributed by atoms with Crippen LogP contribution in [0.5, 0.6) is 0 Å². The predicted octanol–water partition coefficient (Wildman–Crippen LogP) is 4.18. The predicted molar refractivity (Wildman–Crippen MR) is 95.0 cm³/mol. The van der Waals surface area contributed by atoms with Gasteiger partial charge in [-0.15, -0.1) is 0 Å². The fourth-order valence-corrected chi connectivity index (χ4v) is 3.11. The number of nitrogens with zero attached hydrogens (tertiary/aromatic N) is 2. The molecule has 0 aliphatic heterocycles. The molecule has 1 aromatic heterocycles. The molecule has 4 nitrogen and oxygen atoms in total. The zero-order valence-corrected chi connectivity index (χ0v) is 13.5. The normalized spacial score (nSPS) is 11.1. The van der Waals surface area contributed by atoms with Crippen molar-refractivity contribution in [1.82, 2.24) is 9.55 Å². The summed E-state index contributed by atoms with van der Waals surface area (Å²) in [4.78, 5) is 16.5. The average molecular weight is 316 g/mol. The van der Waals surface area contributed by atoms with Crippen LogP contribution in [0.1, 0.15) is 10.4 Å². The zero-order valence-electron chi connectivity index (χ0n) is 13.5. The molecule has 1 heterocycles. The molecule has 0 unspecified atom stereocenters. The molecule has 0 aliphatic carbocycles. The molecule has 0 saturated carbocycles. The highest BCUT2D eigenvalue weighted by Crippen LogP contribution is 2.30. The molecule has 0 N–H and O–H groups in total. The van der Waals surface area contributed by atoms with Gasteiger partial charge in [-0.1, -0.05) is 42.5 Å². The van der Waals surface area contributed by atoms with E-state index in [0.29, 0.717) is 5.56 Å². The molecule has 0 radical (unpaired) electrons. The van der Waals surface area contributed by atoms with E-state index in [0.717, 1.165) is 27.8 Å². The van der Waals surface area contributed by atoms with Gasteiger partial charge < -0.3 is 9.30 Å². The minimum atomic E-state index is -0.353. The lowest BCUT2D eigenvalue weighted by molar-refractivity contribution is 0.0601. The van der Waals surface area contributed by atoms with Gasteiger partial charge in [0.1, 0.15) is 5.82 Å². The molecule has 4 aromatic rings. The first-order valence-electron chi connectivity index (χ1n) is 7.72. The molecule has 4 rings (SSSR count). The number of esters is 1. The second kappa shape index (κ2) is 5.49. The number of imidazole rings is 1. The Morgan fingerprint density at radius 3 is 2.67 bits per heavy atom. The van der Waals surface area contributed by atoms with Crippen LogP contribution in [0, 0.1) is 0 Å². The fraction of sp³-hybridized carbons (Fsp3) is 0.100. The smallest absolute Gasteiger partial charge is 0.337 e. The van der Waals surface area contributed by atoms with Gasteiger partial charge >= 0.3 is 5.97 Å². The van der Waals surface area contributed by atoms with Crippen LogP contribution < -0.4 is 0 Å². The monoisotopic (exact) mass is 316 g/mol. The van der Waals surface area contributed by atoms with Crippen LogP contribution in [0.4, 0.5) is 0 Å². The average Bonchev–Trinajstić information content (AvgIpc) is 2.96. The van der Waals surface area contributed by atoms with Crippen molar-refractivity contribution in [2.75, 3.05) is 7.11 Å². The van der Waals surface area contributed by atoms with Gasteiger partial charge in [-0.3, -0.25) is 0 Å². The van der Waals surface area contributed by atoms with Gasteiger partial charge in [0, 0.05) is 12.6 Å². The highest BCUT2D eigenvalue weighted by atomic mass is 16.5. The molecule has 3 aromatic carbocycles. The summed E-state index contributed by atoms with van der Waals surface area (Å²) < 4.78 is 6.84. The first-order chi connectivity index (χ1) is 11.7. The zero-order chi connectivity index (χ0) is 16.7. The Morgan fingerprint density at radius 1 is 1.04 bits per heavy atom. The van der Waals surface area contributed by atoms with E-state index in [1.54, 1.807) is 12.1 Å². The summed E-state index contributed by atoms with van der Waals surface area (Å²) in [5.41, 5.74) is 3.34. The van der Waals surface area contributed by atoms with E-state index in [-0.39, 0.29) is 5.97 Å². The number of benzene rings is 3. The molecule has 0 fully saturated rings. The van der Waals surface area contributed by atoms with Gasteiger partial charge in [0.05, 0.1) is 23.7 Å². The lowest BCUT2D eigenvalue weighted by atomic mass is 10.0. The summed E-state index contributed by atoms with van der Waals surface area (Å²) in [5, 5.41) is 2.34. The number of hydrogen-bond donors (Lipinski definition) is 0. The van der Waals surface area contributed by atoms with Crippen LogP contribution in [-0.2, 0) is 11.8 Å². The van der Waals surface area contributed by atoms with Crippen molar-refractivity contribution in [3.8, 4) is 11.4 Å². The standard InChI is InChI=1S/C20H16N2O2/c1-22-18-11-10-14(20(23)24-2)12-17(18)21-19(22)16-9-5-7-13-6-3-4-8-15(13)16/h3-12H,1-2H3. The topological polar surface area (TPSA) is 44.1 Å². The third-order valence-corrected chi connectivity index (χ3v) is 4.33. The molecular formula is C20H16N2O2. The van der Waals surface area contributed by atoms with E-state index in [4.69, 9.17) is 9.72 Å². The minimum absolute atomic E-state index is 0.353. The number of aryl methyl sites for hydroxylation is 1. The molecule has 0 amide bonds. The molecule has 0 spiro atoms. The molecular weight excluding hydrogens is 300 g/mol. The number of methoxy groups -OCH3 is 1. The van der Waals surface area contributed by atoms with Crippen LogP contribution in [0.2, 0.25) is 0 Å². The second-order valence-electron chi connectivity index (χ2n) is 5.72. The third-order valence-electron chi connectivity index (χ3n) is 4.33. The van der Waals surface area contributed by atoms with Gasteiger partial charge in [0.15, 0.2) is 0 Å². The summed E-state index contributed by atoms with van der Waals surface area (Å²) >= 11 is 0. The van der Waals surface area contributed by atoms with E-state index < -0.39 is 0 Å². The Kier molecular flexibility index (Phi) is 3.31. The number of aromatic nitrogens is 2. The lowest BCUT2D eigenvalue weighted by Gasteiger charge is -2.06. The number of fused-ring (bicyclic) bond motifs is 2. The molecule has 24 heavy (non-hydrogen) atoms. The van der Waals surface area contributed by atoms with Crippen molar-refractivity contribution in [3.05, 3.63) is 66.2 Å². The van der Waals surface area contributed by atoms with E-state index in [9.17, 15) is 4.79 Å². The van der Waals surface area contributed by atoms with E-state index in [1.165, 1.54) is 12.5 Å². The summed E-state index contributed by atoms with van der Waals surface area (Å²) in [5.74, 6) is 0.526. The van der Waals surface area contributed by atoms with Crippen molar-refractivity contribution in [1.29, 1.82) is 0 Å². The first kappa shape index (κ1) is 14.5. The van der Waals surface area contributed by atoms with E-state index in [1.807, 2.05) is 31.3 Å². The van der Waals surface area contributed by atoms with Gasteiger partial charge in [-0.2, -0.15) is 0 Å². The molecule has 0 aliphatic rings. The Bertz CT molecular complexity index is 1070. The molecule has 118 valence electrons. The Labute approximate surface area is 139 Å². The maximum absolute atomic E-state index is 11.7. The van der Waals surface area contributed by atoms with Crippen molar-refractivity contribution in [2.45, 2.75) is 0 Å². The summed E-state index contributed by atoms with van der Waals surface area (Å²) in [6.45, 7) is 0. The summed E-state index contributed by atoms with van der Waals surface area (Å²) in [6, 6.07) is 19.9. The van der Waals surface area contributed by atoms with Crippen molar-refractivity contribution in [3.63, 3.8) is 0 Å². The quantitative estimate of drug-likeness (QED) is 0.521. The van der Waals surface area contributed by atoms with Crippen molar-refractivity contribution in [2.24, 2.45) is 7.05 Å². The molecule has 0 atom stereocenters. The first-order valence-corrected chi connectivity index (χ1v) is 7.72. The molecule has 0 bridgehead atoms. The minimum Gasteiger partial charge on any atom is -0.465 e. The summed E-state index contributed by atoms with van der Waals surface area (Å²) in [7, 11) is 3.37. The van der Waals surface area contributed by atoms with Gasteiger partial charge in [-0.05, 0) is 29.0 Å². The highest BCUT2D eigenvalue weighted by Gasteiger charge is 2.14. The summed E-state index contributed by atoms with van der Waals surface area (Å²) in [6.07, 6.45) is 0. The molecule has 0 saturated heterocycles. The van der Waals surface area contributed by atoms with E-state index >= 15 is 0 Å². The van der Waals surface area contributed by atoms with Crippen molar-refractivity contribution >= 4 is 27.8 Å². The number of carbonyl (C=O) groups is 1. The van der Waals surface area contributed by atoms with Crippen molar-refractivity contribution < 1.29 is 9.53 Å².